The van der Waals surface area contributed by atoms with Gasteiger partial charge in [-0.25, -0.2) is 4.39 Å². The van der Waals surface area contributed by atoms with Crippen LogP contribution in [0, 0.1) is 5.82 Å². The Hall–Kier alpha value is -1.13. The van der Waals surface area contributed by atoms with E-state index >= 15 is 0 Å². The molecule has 0 amide bonds. The van der Waals surface area contributed by atoms with Gasteiger partial charge >= 0.3 is 0 Å². The highest BCUT2D eigenvalue weighted by Gasteiger charge is 2.32. The number of aliphatic hydroxyl groups is 1. The molecule has 1 aromatic carbocycles. The number of hydrogen-bond donors (Lipinski definition) is 1. The van der Waals surface area contributed by atoms with E-state index in [1.54, 1.807) is 13.0 Å². The molecule has 1 aliphatic rings. The van der Waals surface area contributed by atoms with E-state index in [9.17, 15) is 9.50 Å². The molecule has 19 heavy (non-hydrogen) atoms. The second kappa shape index (κ2) is 5.10. The molecule has 3 nitrogen and oxygen atoms in total. The van der Waals surface area contributed by atoms with Gasteiger partial charge in [0.1, 0.15) is 5.82 Å². The molecule has 0 radical (unpaired) electrons. The Labute approximate surface area is 114 Å². The van der Waals surface area contributed by atoms with Gasteiger partial charge in [0.2, 0.25) is 0 Å². The van der Waals surface area contributed by atoms with Gasteiger partial charge < -0.3 is 14.7 Å². The van der Waals surface area contributed by atoms with Crippen LogP contribution in [0.3, 0.4) is 0 Å². The summed E-state index contributed by atoms with van der Waals surface area (Å²) in [5, 5.41) is 9.83. The Kier molecular flexibility index (Phi) is 3.83. The minimum atomic E-state index is -0.688. The predicted molar refractivity (Wildman–Crippen MR) is 73.9 cm³/mol. The summed E-state index contributed by atoms with van der Waals surface area (Å²) in [6.45, 7) is 9.24. The molecule has 2 unspecified atom stereocenters. The predicted octanol–water partition coefficient (Wildman–Crippen LogP) is 2.88. The van der Waals surface area contributed by atoms with Crippen LogP contribution >= 0.6 is 0 Å². The summed E-state index contributed by atoms with van der Waals surface area (Å²) in [7, 11) is 0. The zero-order valence-electron chi connectivity index (χ0n) is 12.0. The maximum atomic E-state index is 13.3. The molecule has 1 saturated heterocycles. The zero-order valence-corrected chi connectivity index (χ0v) is 12.0. The lowest BCUT2D eigenvalue weighted by atomic mass is 10.0. The lowest BCUT2D eigenvalue weighted by molar-refractivity contribution is -0.0750. The fraction of sp³-hybridized carbons (Fsp3) is 0.600. The van der Waals surface area contributed by atoms with Gasteiger partial charge in [0.25, 0.3) is 0 Å². The molecule has 1 fully saturated rings. The van der Waals surface area contributed by atoms with Gasteiger partial charge in [-0.1, -0.05) is 0 Å². The first-order valence-electron chi connectivity index (χ1n) is 6.69. The van der Waals surface area contributed by atoms with Gasteiger partial charge in [0.15, 0.2) is 0 Å². The summed E-state index contributed by atoms with van der Waals surface area (Å²) in [5.74, 6) is -0.319. The maximum Gasteiger partial charge on any atom is 0.123 e. The van der Waals surface area contributed by atoms with E-state index < -0.39 is 6.10 Å². The Morgan fingerprint density at radius 2 is 2.16 bits per heavy atom. The van der Waals surface area contributed by atoms with Gasteiger partial charge in [-0.05, 0) is 45.9 Å². The van der Waals surface area contributed by atoms with Crippen molar-refractivity contribution in [1.82, 2.24) is 0 Å². The highest BCUT2D eigenvalue weighted by Crippen LogP contribution is 2.31. The Morgan fingerprint density at radius 3 is 2.74 bits per heavy atom. The molecular formula is C15H22FNO2. The Balaban J connectivity index is 2.35. The number of aliphatic hydroxyl groups excluding tert-OH is 1. The van der Waals surface area contributed by atoms with Crippen molar-refractivity contribution in [2.45, 2.75) is 45.5 Å². The minimum absolute atomic E-state index is 0.107. The molecule has 2 atom stereocenters. The third-order valence-electron chi connectivity index (χ3n) is 3.35. The molecular weight excluding hydrogens is 245 g/mol. The highest BCUT2D eigenvalue weighted by molar-refractivity contribution is 5.55. The first kappa shape index (κ1) is 14.3. The number of hydrogen-bond acceptors (Lipinski definition) is 3. The van der Waals surface area contributed by atoms with Crippen LogP contribution in [0.25, 0.3) is 0 Å². The van der Waals surface area contributed by atoms with Crippen molar-refractivity contribution in [3.05, 3.63) is 29.6 Å². The van der Waals surface area contributed by atoms with Crippen molar-refractivity contribution in [3.63, 3.8) is 0 Å². The summed E-state index contributed by atoms with van der Waals surface area (Å²) in [6.07, 6.45) is -0.581. The molecule has 1 heterocycles. The highest BCUT2D eigenvalue weighted by atomic mass is 19.1. The number of benzene rings is 1. The number of halogens is 1. The van der Waals surface area contributed by atoms with Gasteiger partial charge in [0.05, 0.1) is 17.8 Å². The standard InChI is InChI=1S/C15H22FNO2/c1-10-8-17(9-15(3,4)19-10)14-6-5-12(16)7-13(14)11(2)18/h5-7,10-11,18H,8-9H2,1-4H3. The minimum Gasteiger partial charge on any atom is -0.389 e. The van der Waals surface area contributed by atoms with Crippen LogP contribution in [0.5, 0.6) is 0 Å². The van der Waals surface area contributed by atoms with Crippen LogP contribution in [0.2, 0.25) is 0 Å². The number of anilines is 1. The van der Waals surface area contributed by atoms with E-state index in [0.29, 0.717) is 5.56 Å². The molecule has 4 heteroatoms. The summed E-state index contributed by atoms with van der Waals surface area (Å²) in [5.41, 5.74) is 1.27. The molecule has 0 aromatic heterocycles. The second-order valence-corrected chi connectivity index (χ2v) is 5.95. The van der Waals surface area contributed by atoms with Crippen molar-refractivity contribution in [3.8, 4) is 0 Å². The van der Waals surface area contributed by atoms with Gasteiger partial charge in [-0.3, -0.25) is 0 Å². The van der Waals surface area contributed by atoms with E-state index in [-0.39, 0.29) is 17.5 Å². The van der Waals surface area contributed by atoms with Crippen molar-refractivity contribution in [2.24, 2.45) is 0 Å². The summed E-state index contributed by atoms with van der Waals surface area (Å²) in [6, 6.07) is 4.59. The number of nitrogens with zero attached hydrogens (tertiary/aromatic N) is 1. The molecule has 2 rings (SSSR count). The smallest absolute Gasteiger partial charge is 0.123 e. The molecule has 0 spiro atoms. The number of rotatable bonds is 2. The zero-order chi connectivity index (χ0) is 14.2. The summed E-state index contributed by atoms with van der Waals surface area (Å²) < 4.78 is 19.2. The van der Waals surface area contributed by atoms with Crippen LogP contribution in [0.4, 0.5) is 10.1 Å². The topological polar surface area (TPSA) is 32.7 Å². The number of ether oxygens (including phenoxy) is 1. The van der Waals surface area contributed by atoms with Crippen LogP contribution in [-0.2, 0) is 4.74 Å². The fourth-order valence-corrected chi connectivity index (χ4v) is 2.79. The van der Waals surface area contributed by atoms with E-state index in [0.717, 1.165) is 18.8 Å². The van der Waals surface area contributed by atoms with Gasteiger partial charge in [0, 0.05) is 24.3 Å². The van der Waals surface area contributed by atoms with Crippen molar-refractivity contribution in [1.29, 1.82) is 0 Å². The Morgan fingerprint density at radius 1 is 1.47 bits per heavy atom. The van der Waals surface area contributed by atoms with Crippen LogP contribution in [0.1, 0.15) is 39.4 Å². The second-order valence-electron chi connectivity index (χ2n) is 5.95. The Bertz CT molecular complexity index is 459. The third kappa shape index (κ3) is 3.25. The SMILES string of the molecule is CC1CN(c2ccc(F)cc2C(C)O)CC(C)(C)O1. The molecule has 0 bridgehead atoms. The maximum absolute atomic E-state index is 13.3. The molecule has 1 aliphatic heterocycles. The van der Waals surface area contributed by atoms with E-state index in [1.807, 2.05) is 20.8 Å². The van der Waals surface area contributed by atoms with E-state index in [2.05, 4.69) is 4.90 Å². The van der Waals surface area contributed by atoms with Crippen LogP contribution in [0.15, 0.2) is 18.2 Å². The summed E-state index contributed by atoms with van der Waals surface area (Å²) >= 11 is 0. The van der Waals surface area contributed by atoms with E-state index in [1.165, 1.54) is 12.1 Å². The van der Waals surface area contributed by atoms with Crippen molar-refractivity contribution < 1.29 is 14.2 Å². The third-order valence-corrected chi connectivity index (χ3v) is 3.35. The van der Waals surface area contributed by atoms with Crippen LogP contribution in [-0.4, -0.2) is 29.9 Å². The lowest BCUT2D eigenvalue weighted by Crippen LogP contribution is -2.52. The van der Waals surface area contributed by atoms with Crippen molar-refractivity contribution >= 4 is 5.69 Å². The molecule has 0 aliphatic carbocycles. The molecule has 1 N–H and O–H groups in total. The average molecular weight is 267 g/mol. The first-order chi connectivity index (χ1) is 8.78. The van der Waals surface area contributed by atoms with E-state index in [4.69, 9.17) is 4.74 Å². The van der Waals surface area contributed by atoms with Gasteiger partial charge in [-0.15, -0.1) is 0 Å². The molecule has 0 saturated carbocycles. The average Bonchev–Trinajstić information content (AvgIpc) is 2.25. The first-order valence-corrected chi connectivity index (χ1v) is 6.69. The molecule has 106 valence electrons. The monoisotopic (exact) mass is 267 g/mol. The normalized spacial score (nSPS) is 24.3. The number of morpholine rings is 1. The lowest BCUT2D eigenvalue weighted by Gasteiger charge is -2.43. The summed E-state index contributed by atoms with van der Waals surface area (Å²) in [4.78, 5) is 2.16. The molecule has 1 aromatic rings. The quantitative estimate of drug-likeness (QED) is 0.894. The van der Waals surface area contributed by atoms with Gasteiger partial charge in [-0.2, -0.15) is 0 Å². The largest absolute Gasteiger partial charge is 0.389 e. The van der Waals surface area contributed by atoms with Crippen molar-refractivity contribution in [2.75, 3.05) is 18.0 Å². The fourth-order valence-electron chi connectivity index (χ4n) is 2.79. The van der Waals surface area contributed by atoms with Crippen LogP contribution < -0.4 is 4.90 Å².